The Balaban J connectivity index is 1.92. The maximum atomic E-state index is 13.3. The van der Waals surface area contributed by atoms with E-state index in [2.05, 4.69) is 0 Å². The van der Waals surface area contributed by atoms with Gasteiger partial charge in [-0.15, -0.1) is 0 Å². The molecule has 0 spiro atoms. The van der Waals surface area contributed by atoms with Crippen LogP contribution in [0.2, 0.25) is 0 Å². The van der Waals surface area contributed by atoms with Gasteiger partial charge < -0.3 is 54.4 Å². The Morgan fingerprint density at radius 1 is 0.971 bits per heavy atom. The van der Waals surface area contributed by atoms with Crippen LogP contribution in [0, 0.1) is 0 Å². The van der Waals surface area contributed by atoms with Crippen LogP contribution in [0.1, 0.15) is 0 Å². The van der Waals surface area contributed by atoms with E-state index in [9.17, 15) is 40.5 Å². The van der Waals surface area contributed by atoms with E-state index in [-0.39, 0.29) is 39.5 Å². The van der Waals surface area contributed by atoms with Crippen molar-refractivity contribution in [1.29, 1.82) is 0 Å². The molecule has 0 amide bonds. The van der Waals surface area contributed by atoms with E-state index in [1.165, 1.54) is 25.3 Å². The van der Waals surface area contributed by atoms with Crippen LogP contribution in [0.4, 0.5) is 0 Å². The summed E-state index contributed by atoms with van der Waals surface area (Å²) in [5.41, 5.74) is -0.959. The van der Waals surface area contributed by atoms with E-state index in [0.717, 1.165) is 12.1 Å². The first-order valence-corrected chi connectivity index (χ1v) is 10.0. The molecule has 12 nitrogen and oxygen atoms in total. The molecule has 1 saturated heterocycles. The number of aromatic hydroxyl groups is 3. The number of rotatable bonds is 5. The van der Waals surface area contributed by atoms with E-state index >= 15 is 0 Å². The van der Waals surface area contributed by atoms with Gasteiger partial charge in [-0.05, 0) is 18.2 Å². The van der Waals surface area contributed by atoms with Gasteiger partial charge in [0.05, 0.1) is 13.7 Å². The Labute approximate surface area is 191 Å². The second-order valence-corrected chi connectivity index (χ2v) is 7.63. The minimum absolute atomic E-state index is 0.0257. The zero-order valence-electron chi connectivity index (χ0n) is 17.7. The molecule has 1 aliphatic rings. The van der Waals surface area contributed by atoms with Gasteiger partial charge >= 0.3 is 0 Å². The molecule has 0 bridgehead atoms. The lowest BCUT2D eigenvalue weighted by molar-refractivity contribution is -0.277. The second-order valence-electron chi connectivity index (χ2n) is 7.63. The monoisotopic (exact) mass is 478 g/mol. The Bertz CT molecular complexity index is 1270. The smallest absolute Gasteiger partial charge is 0.239 e. The van der Waals surface area contributed by atoms with E-state index in [1.54, 1.807) is 0 Å². The third-order valence-electron chi connectivity index (χ3n) is 5.44. The first kappa shape index (κ1) is 23.6. The minimum Gasteiger partial charge on any atom is -0.508 e. The van der Waals surface area contributed by atoms with Crippen LogP contribution >= 0.6 is 0 Å². The quantitative estimate of drug-likeness (QED) is 0.254. The molecule has 1 aromatic heterocycles. The van der Waals surface area contributed by atoms with Crippen molar-refractivity contribution in [3.05, 3.63) is 40.6 Å². The van der Waals surface area contributed by atoms with E-state index in [4.69, 9.17) is 18.6 Å². The van der Waals surface area contributed by atoms with Crippen LogP contribution in [-0.4, -0.2) is 80.2 Å². The number of aliphatic hydroxyl groups excluding tert-OH is 4. The number of ether oxygens (including phenoxy) is 3. The normalized spacial score (nSPS) is 24.8. The average Bonchev–Trinajstić information content (AvgIpc) is 2.80. The molecule has 3 aromatic rings. The van der Waals surface area contributed by atoms with Crippen molar-refractivity contribution in [2.45, 2.75) is 30.7 Å². The number of benzene rings is 2. The first-order chi connectivity index (χ1) is 16.2. The molecule has 2 heterocycles. The van der Waals surface area contributed by atoms with Gasteiger partial charge in [0.2, 0.25) is 17.5 Å². The Morgan fingerprint density at radius 2 is 1.71 bits per heavy atom. The van der Waals surface area contributed by atoms with E-state index in [0.29, 0.717) is 0 Å². The third kappa shape index (κ3) is 3.97. The molecule has 182 valence electrons. The van der Waals surface area contributed by atoms with E-state index in [1.807, 2.05) is 0 Å². The fourth-order valence-corrected chi connectivity index (χ4v) is 3.67. The standard InChI is InChI=1S/C22H22O12/c1-31-12-4-8(2-3-10(12)25)20-21(17(28)15-11(26)5-9(24)6-13(15)32-20)34-22-19(30)18(29)16(27)14(7-23)33-22/h2-6,14,16,18-19,22-27,29-30H,7H2,1H3/t14-,16+,18-,19-,22+/m1/s1. The summed E-state index contributed by atoms with van der Waals surface area (Å²) in [7, 11) is 1.30. The summed E-state index contributed by atoms with van der Waals surface area (Å²) >= 11 is 0. The molecule has 2 aromatic carbocycles. The van der Waals surface area contributed by atoms with Crippen LogP contribution in [0.15, 0.2) is 39.5 Å². The number of hydrogen-bond acceptors (Lipinski definition) is 12. The highest BCUT2D eigenvalue weighted by Crippen LogP contribution is 2.39. The fraction of sp³-hybridized carbons (Fsp3) is 0.318. The van der Waals surface area contributed by atoms with Crippen molar-refractivity contribution in [2.24, 2.45) is 0 Å². The first-order valence-electron chi connectivity index (χ1n) is 10.0. The molecule has 0 saturated carbocycles. The summed E-state index contributed by atoms with van der Waals surface area (Å²) in [4.78, 5) is 13.3. The Kier molecular flexibility index (Phi) is 6.25. The van der Waals surface area contributed by atoms with Gasteiger partial charge in [0.15, 0.2) is 17.3 Å². The van der Waals surface area contributed by atoms with Crippen LogP contribution in [0.25, 0.3) is 22.3 Å². The Morgan fingerprint density at radius 3 is 2.38 bits per heavy atom. The highest BCUT2D eigenvalue weighted by atomic mass is 16.7. The SMILES string of the molecule is COc1cc(-c2oc3cc(O)cc(O)c3c(=O)c2O[C@@H]2O[C@H](CO)[C@H](O)[C@@H](O)[C@H]2O)ccc1O. The lowest BCUT2D eigenvalue weighted by Crippen LogP contribution is -2.60. The zero-order valence-corrected chi connectivity index (χ0v) is 17.7. The predicted octanol–water partition coefficient (Wildman–Crippen LogP) is -0.236. The second kappa shape index (κ2) is 9.00. The predicted molar refractivity (Wildman–Crippen MR) is 114 cm³/mol. The number of fused-ring (bicyclic) bond motifs is 1. The third-order valence-corrected chi connectivity index (χ3v) is 5.44. The summed E-state index contributed by atoms with van der Waals surface area (Å²) in [5, 5.41) is 69.4. The number of phenolic OH excluding ortho intramolecular Hbond substituents is 3. The van der Waals surface area contributed by atoms with Crippen LogP contribution in [-0.2, 0) is 4.74 Å². The number of phenols is 3. The summed E-state index contributed by atoms with van der Waals surface area (Å²) in [6.45, 7) is -0.723. The van der Waals surface area contributed by atoms with Crippen molar-refractivity contribution in [3.63, 3.8) is 0 Å². The van der Waals surface area contributed by atoms with Gasteiger partial charge in [-0.2, -0.15) is 0 Å². The molecule has 0 aliphatic carbocycles. The molecule has 7 N–H and O–H groups in total. The minimum atomic E-state index is -1.83. The van der Waals surface area contributed by atoms with E-state index < -0.39 is 54.2 Å². The average molecular weight is 478 g/mol. The highest BCUT2D eigenvalue weighted by Gasteiger charge is 2.45. The largest absolute Gasteiger partial charge is 0.508 e. The molecule has 0 radical (unpaired) electrons. The Hall–Kier alpha value is -3.55. The molecule has 5 atom stereocenters. The molecule has 34 heavy (non-hydrogen) atoms. The molecule has 12 heteroatoms. The number of aliphatic hydroxyl groups is 4. The number of hydrogen-bond donors (Lipinski definition) is 7. The molecule has 0 unspecified atom stereocenters. The van der Waals surface area contributed by atoms with Gasteiger partial charge in [-0.1, -0.05) is 0 Å². The van der Waals surface area contributed by atoms with Crippen molar-refractivity contribution in [1.82, 2.24) is 0 Å². The lowest BCUT2D eigenvalue weighted by Gasteiger charge is -2.39. The van der Waals surface area contributed by atoms with Gasteiger partial charge in [0.25, 0.3) is 0 Å². The number of methoxy groups -OCH3 is 1. The van der Waals surface area contributed by atoms with Crippen molar-refractivity contribution in [2.75, 3.05) is 13.7 Å². The molecular weight excluding hydrogens is 456 g/mol. The zero-order chi connectivity index (χ0) is 24.7. The molecular formula is C22H22O12. The van der Waals surface area contributed by atoms with Gasteiger partial charge in [0, 0.05) is 17.7 Å². The summed E-state index contributed by atoms with van der Waals surface area (Å²) in [6, 6.07) is 5.96. The summed E-state index contributed by atoms with van der Waals surface area (Å²) in [6.07, 6.45) is -8.29. The molecule has 4 rings (SSSR count). The molecule has 1 aliphatic heterocycles. The van der Waals surface area contributed by atoms with Crippen LogP contribution in [0.3, 0.4) is 0 Å². The van der Waals surface area contributed by atoms with Crippen molar-refractivity contribution < 1.29 is 54.4 Å². The van der Waals surface area contributed by atoms with Crippen molar-refractivity contribution in [3.8, 4) is 40.1 Å². The summed E-state index contributed by atoms with van der Waals surface area (Å²) < 4.78 is 21.8. The fourth-order valence-electron chi connectivity index (χ4n) is 3.67. The molecule has 1 fully saturated rings. The maximum Gasteiger partial charge on any atom is 0.239 e. The van der Waals surface area contributed by atoms with Crippen molar-refractivity contribution >= 4 is 11.0 Å². The van der Waals surface area contributed by atoms with Crippen LogP contribution in [0.5, 0.6) is 28.7 Å². The van der Waals surface area contributed by atoms with Gasteiger partial charge in [-0.25, -0.2) is 0 Å². The van der Waals surface area contributed by atoms with Crippen LogP contribution < -0.4 is 14.9 Å². The maximum absolute atomic E-state index is 13.3. The van der Waals surface area contributed by atoms with Gasteiger partial charge in [0.1, 0.15) is 46.9 Å². The summed E-state index contributed by atoms with van der Waals surface area (Å²) in [5.74, 6) is -2.00. The topological polar surface area (TPSA) is 200 Å². The lowest BCUT2D eigenvalue weighted by atomic mass is 9.99. The highest BCUT2D eigenvalue weighted by molar-refractivity contribution is 5.88. The van der Waals surface area contributed by atoms with Gasteiger partial charge in [-0.3, -0.25) is 4.79 Å².